The van der Waals surface area contributed by atoms with Crippen molar-refractivity contribution >= 4 is 20.9 Å². The van der Waals surface area contributed by atoms with Gasteiger partial charge in [-0.3, -0.25) is 4.79 Å². The highest BCUT2D eigenvalue weighted by Gasteiger charge is 2.14. The van der Waals surface area contributed by atoms with E-state index in [0.29, 0.717) is 16.8 Å². The second kappa shape index (κ2) is 7.31. The molecule has 2 aromatic carbocycles. The van der Waals surface area contributed by atoms with Crippen LogP contribution in [0.5, 0.6) is 5.75 Å². The topological polar surface area (TPSA) is 88.3 Å². The lowest BCUT2D eigenvalue weighted by atomic mass is 10.1. The summed E-state index contributed by atoms with van der Waals surface area (Å²) in [7, 11) is -2.02. The summed E-state index contributed by atoms with van der Waals surface area (Å²) in [5.41, 5.74) is 1.86. The number of pyridine rings is 1. The molecule has 0 fully saturated rings. The second-order valence-electron chi connectivity index (χ2n) is 6.04. The highest BCUT2D eigenvalue weighted by molar-refractivity contribution is 7.89. The first-order valence-corrected chi connectivity index (χ1v) is 9.64. The number of rotatable bonds is 6. The van der Waals surface area contributed by atoms with Gasteiger partial charge in [0, 0.05) is 23.0 Å². The number of nitrogens with one attached hydrogen (secondary N) is 2. The van der Waals surface area contributed by atoms with Gasteiger partial charge in [0.2, 0.25) is 10.0 Å². The van der Waals surface area contributed by atoms with Gasteiger partial charge in [-0.15, -0.1) is 0 Å². The summed E-state index contributed by atoms with van der Waals surface area (Å²) >= 11 is 0. The van der Waals surface area contributed by atoms with E-state index in [4.69, 9.17) is 4.74 Å². The van der Waals surface area contributed by atoms with Gasteiger partial charge in [0.1, 0.15) is 5.75 Å². The summed E-state index contributed by atoms with van der Waals surface area (Å²) in [4.78, 5) is 15.2. The average Bonchev–Trinajstić information content (AvgIpc) is 2.61. The van der Waals surface area contributed by atoms with E-state index >= 15 is 0 Å². The molecule has 1 aromatic heterocycles. The minimum Gasteiger partial charge on any atom is -0.497 e. The van der Waals surface area contributed by atoms with Crippen LogP contribution in [-0.2, 0) is 16.4 Å². The maximum Gasteiger partial charge on any atom is 0.251 e. The van der Waals surface area contributed by atoms with Crippen molar-refractivity contribution in [2.24, 2.45) is 0 Å². The maximum atomic E-state index is 12.3. The van der Waals surface area contributed by atoms with Crippen molar-refractivity contribution in [3.63, 3.8) is 0 Å². The molecule has 26 heavy (non-hydrogen) atoms. The fraction of sp³-hybridized carbons (Fsp3) is 0.211. The van der Waals surface area contributed by atoms with Gasteiger partial charge in [-0.05, 0) is 55.3 Å². The molecule has 0 aliphatic rings. The summed E-state index contributed by atoms with van der Waals surface area (Å²) in [6, 6.07) is 13.8. The molecule has 0 aliphatic carbocycles. The van der Waals surface area contributed by atoms with E-state index in [2.05, 4.69) is 9.71 Å². The minimum atomic E-state index is -3.60. The average molecular weight is 372 g/mol. The van der Waals surface area contributed by atoms with E-state index in [1.54, 1.807) is 43.5 Å². The molecule has 7 heteroatoms. The van der Waals surface area contributed by atoms with Gasteiger partial charge in [0.25, 0.3) is 5.56 Å². The van der Waals surface area contributed by atoms with Crippen molar-refractivity contribution < 1.29 is 13.2 Å². The van der Waals surface area contributed by atoms with E-state index in [1.165, 1.54) is 0 Å². The van der Waals surface area contributed by atoms with E-state index in [1.807, 2.05) is 19.1 Å². The lowest BCUT2D eigenvalue weighted by Gasteiger charge is -2.08. The molecule has 0 amide bonds. The SMILES string of the molecule is COc1ccc2[nH]c(=O)c(CCNS(=O)(=O)c3cccc(C)c3)cc2c1. The van der Waals surface area contributed by atoms with E-state index < -0.39 is 10.0 Å². The highest BCUT2D eigenvalue weighted by atomic mass is 32.2. The van der Waals surface area contributed by atoms with Gasteiger partial charge in [-0.2, -0.15) is 0 Å². The Kier molecular flexibility index (Phi) is 5.11. The number of hydrogen-bond donors (Lipinski definition) is 2. The van der Waals surface area contributed by atoms with Crippen LogP contribution in [0, 0.1) is 6.92 Å². The number of H-pyrrole nitrogens is 1. The predicted molar refractivity (Wildman–Crippen MR) is 101 cm³/mol. The van der Waals surface area contributed by atoms with Crippen LogP contribution in [0.4, 0.5) is 0 Å². The third-order valence-corrected chi connectivity index (χ3v) is 5.57. The van der Waals surface area contributed by atoms with Crippen LogP contribution < -0.4 is 15.0 Å². The van der Waals surface area contributed by atoms with Crippen molar-refractivity contribution in [2.75, 3.05) is 13.7 Å². The largest absolute Gasteiger partial charge is 0.497 e. The van der Waals surface area contributed by atoms with Crippen molar-refractivity contribution in [1.29, 1.82) is 0 Å². The molecular weight excluding hydrogens is 352 g/mol. The number of fused-ring (bicyclic) bond motifs is 1. The number of aryl methyl sites for hydroxylation is 1. The zero-order valence-electron chi connectivity index (χ0n) is 14.6. The Balaban J connectivity index is 1.77. The number of aromatic nitrogens is 1. The van der Waals surface area contributed by atoms with Crippen LogP contribution >= 0.6 is 0 Å². The standard InChI is InChI=1S/C19H20N2O4S/c1-13-4-3-5-17(10-13)26(23,24)20-9-8-14-11-15-12-16(25-2)6-7-18(15)21-19(14)22/h3-7,10-12,20H,8-9H2,1-2H3,(H,21,22). The molecular formula is C19H20N2O4S. The van der Waals surface area contributed by atoms with Gasteiger partial charge in [-0.1, -0.05) is 12.1 Å². The highest BCUT2D eigenvalue weighted by Crippen LogP contribution is 2.19. The molecule has 3 aromatic rings. The predicted octanol–water partition coefficient (Wildman–Crippen LogP) is 2.37. The lowest BCUT2D eigenvalue weighted by Crippen LogP contribution is -2.27. The Labute approximate surface area is 151 Å². The normalized spacial score (nSPS) is 11.6. The Morgan fingerprint density at radius 3 is 2.65 bits per heavy atom. The number of benzene rings is 2. The molecule has 3 rings (SSSR count). The Morgan fingerprint density at radius 1 is 1.12 bits per heavy atom. The summed E-state index contributed by atoms with van der Waals surface area (Å²) in [5.74, 6) is 0.690. The summed E-state index contributed by atoms with van der Waals surface area (Å²) < 4.78 is 32.4. The molecule has 0 saturated carbocycles. The van der Waals surface area contributed by atoms with Crippen molar-refractivity contribution in [2.45, 2.75) is 18.2 Å². The van der Waals surface area contributed by atoms with Gasteiger partial charge in [-0.25, -0.2) is 13.1 Å². The molecule has 0 bridgehead atoms. The van der Waals surface area contributed by atoms with Gasteiger partial charge in [0.15, 0.2) is 0 Å². The number of methoxy groups -OCH3 is 1. The van der Waals surface area contributed by atoms with Gasteiger partial charge < -0.3 is 9.72 Å². The van der Waals surface area contributed by atoms with Crippen molar-refractivity contribution in [3.8, 4) is 5.75 Å². The van der Waals surface area contributed by atoms with Crippen LogP contribution in [-0.4, -0.2) is 27.1 Å². The van der Waals surface area contributed by atoms with Crippen LogP contribution in [0.1, 0.15) is 11.1 Å². The number of aromatic amines is 1. The Hall–Kier alpha value is -2.64. The quantitative estimate of drug-likeness (QED) is 0.695. The van der Waals surface area contributed by atoms with Gasteiger partial charge >= 0.3 is 0 Å². The third kappa shape index (κ3) is 3.95. The van der Waals surface area contributed by atoms with Crippen molar-refractivity contribution in [1.82, 2.24) is 9.71 Å². The van der Waals surface area contributed by atoms with E-state index in [9.17, 15) is 13.2 Å². The van der Waals surface area contributed by atoms with Crippen molar-refractivity contribution in [3.05, 3.63) is 70.0 Å². The molecule has 6 nitrogen and oxygen atoms in total. The molecule has 0 spiro atoms. The molecule has 0 unspecified atom stereocenters. The number of ether oxygens (including phenoxy) is 1. The molecule has 1 heterocycles. The van der Waals surface area contributed by atoms with E-state index in [-0.39, 0.29) is 23.4 Å². The molecule has 2 N–H and O–H groups in total. The second-order valence-corrected chi connectivity index (χ2v) is 7.81. The van der Waals surface area contributed by atoms with Crippen LogP contribution in [0.3, 0.4) is 0 Å². The first kappa shape index (κ1) is 18.2. The van der Waals surface area contributed by atoms with E-state index in [0.717, 1.165) is 10.9 Å². The summed E-state index contributed by atoms with van der Waals surface area (Å²) in [5, 5.41) is 0.834. The lowest BCUT2D eigenvalue weighted by molar-refractivity contribution is 0.415. The maximum absolute atomic E-state index is 12.3. The molecule has 0 radical (unpaired) electrons. The zero-order valence-corrected chi connectivity index (χ0v) is 15.4. The smallest absolute Gasteiger partial charge is 0.251 e. The molecule has 136 valence electrons. The minimum absolute atomic E-state index is 0.134. The Bertz CT molecular complexity index is 1100. The summed E-state index contributed by atoms with van der Waals surface area (Å²) in [6.07, 6.45) is 0.285. The first-order valence-electron chi connectivity index (χ1n) is 8.15. The van der Waals surface area contributed by atoms with Crippen LogP contribution in [0.2, 0.25) is 0 Å². The molecule has 0 atom stereocenters. The Morgan fingerprint density at radius 2 is 1.92 bits per heavy atom. The van der Waals surface area contributed by atoms with Crippen LogP contribution in [0.25, 0.3) is 10.9 Å². The number of hydrogen-bond acceptors (Lipinski definition) is 4. The monoisotopic (exact) mass is 372 g/mol. The first-order chi connectivity index (χ1) is 12.4. The molecule has 0 aliphatic heterocycles. The molecule has 0 saturated heterocycles. The number of sulfonamides is 1. The van der Waals surface area contributed by atoms with Gasteiger partial charge in [0.05, 0.1) is 12.0 Å². The fourth-order valence-electron chi connectivity index (χ4n) is 2.73. The fourth-order valence-corrected chi connectivity index (χ4v) is 3.86. The van der Waals surface area contributed by atoms with Crippen LogP contribution in [0.15, 0.2) is 58.2 Å². The third-order valence-electron chi connectivity index (χ3n) is 4.11. The zero-order chi connectivity index (χ0) is 18.7. The summed E-state index contributed by atoms with van der Waals surface area (Å²) in [6.45, 7) is 1.97.